The number of anilines is 2. The number of carbonyl (C=O) groups is 3. The van der Waals surface area contributed by atoms with Crippen LogP contribution in [0.25, 0.3) is 0 Å². The summed E-state index contributed by atoms with van der Waals surface area (Å²) in [5.74, 6) is -1.47. The van der Waals surface area contributed by atoms with Crippen molar-refractivity contribution < 1.29 is 14.4 Å². The summed E-state index contributed by atoms with van der Waals surface area (Å²) < 4.78 is 0. The van der Waals surface area contributed by atoms with E-state index in [0.29, 0.717) is 28.5 Å². The fraction of sp³-hybridized carbons (Fsp3) is 0.190. The van der Waals surface area contributed by atoms with Crippen molar-refractivity contribution in [2.24, 2.45) is 5.92 Å². The van der Waals surface area contributed by atoms with Crippen LogP contribution in [0.4, 0.5) is 11.4 Å². The molecule has 3 amide bonds. The van der Waals surface area contributed by atoms with Crippen LogP contribution in [-0.2, 0) is 9.59 Å². The summed E-state index contributed by atoms with van der Waals surface area (Å²) >= 11 is 12.3. The van der Waals surface area contributed by atoms with E-state index >= 15 is 0 Å². The Kier molecular flexibility index (Phi) is 6.56. The van der Waals surface area contributed by atoms with E-state index in [4.69, 9.17) is 23.2 Å². The topological polar surface area (TPSA) is 78.5 Å². The summed E-state index contributed by atoms with van der Waals surface area (Å²) in [5.41, 5.74) is 1.19. The Hall–Kier alpha value is -2.83. The Labute approximate surface area is 178 Å². The van der Waals surface area contributed by atoms with Crippen molar-refractivity contribution >= 4 is 52.3 Å². The largest absolute Gasteiger partial charge is 0.349 e. The highest BCUT2D eigenvalue weighted by Gasteiger charge is 2.36. The number of para-hydroxylation sites is 1. The molecule has 3 rings (SSSR count). The van der Waals surface area contributed by atoms with Crippen molar-refractivity contribution in [1.82, 2.24) is 5.32 Å². The maximum Gasteiger partial charge on any atom is 0.253 e. The molecule has 1 atom stereocenters. The number of halogens is 2. The predicted molar refractivity (Wildman–Crippen MR) is 115 cm³/mol. The summed E-state index contributed by atoms with van der Waals surface area (Å²) in [6.45, 7) is 4.05. The Morgan fingerprint density at radius 3 is 2.69 bits per heavy atom. The number of carbonyl (C=O) groups excluding carboxylic acids is 3. The molecule has 0 bridgehead atoms. The lowest BCUT2D eigenvalue weighted by molar-refractivity contribution is -0.122. The van der Waals surface area contributed by atoms with Crippen molar-refractivity contribution in [1.29, 1.82) is 0 Å². The van der Waals surface area contributed by atoms with Crippen LogP contribution in [-0.4, -0.2) is 30.8 Å². The molecule has 0 unspecified atom stereocenters. The van der Waals surface area contributed by atoms with Crippen LogP contribution in [0.3, 0.4) is 0 Å². The Morgan fingerprint density at radius 2 is 1.93 bits per heavy atom. The van der Waals surface area contributed by atoms with Gasteiger partial charge in [0.05, 0.1) is 32.9 Å². The molecule has 0 aliphatic carbocycles. The molecule has 0 radical (unpaired) electrons. The number of hydrogen-bond donors (Lipinski definition) is 2. The average Bonchev–Trinajstić information content (AvgIpc) is 3.10. The summed E-state index contributed by atoms with van der Waals surface area (Å²) in [5, 5.41) is 6.05. The first-order valence-corrected chi connectivity index (χ1v) is 9.71. The maximum absolute atomic E-state index is 12.8. The van der Waals surface area contributed by atoms with Crippen LogP contribution in [0.2, 0.25) is 10.0 Å². The summed E-state index contributed by atoms with van der Waals surface area (Å²) in [6, 6.07) is 11.7. The Morgan fingerprint density at radius 1 is 1.17 bits per heavy atom. The number of benzene rings is 2. The fourth-order valence-corrected chi connectivity index (χ4v) is 3.50. The minimum absolute atomic E-state index is 0.0412. The van der Waals surface area contributed by atoms with E-state index in [2.05, 4.69) is 17.2 Å². The van der Waals surface area contributed by atoms with Gasteiger partial charge in [0.2, 0.25) is 11.8 Å². The van der Waals surface area contributed by atoms with Crippen LogP contribution in [0, 0.1) is 5.92 Å². The minimum Gasteiger partial charge on any atom is -0.349 e. The lowest BCUT2D eigenvalue weighted by Gasteiger charge is -2.19. The highest BCUT2D eigenvalue weighted by Crippen LogP contribution is 2.36. The van der Waals surface area contributed by atoms with Crippen LogP contribution < -0.4 is 15.5 Å². The van der Waals surface area contributed by atoms with Crippen molar-refractivity contribution in [2.75, 3.05) is 23.3 Å². The molecule has 1 aliphatic heterocycles. The molecule has 1 aliphatic rings. The monoisotopic (exact) mass is 431 g/mol. The standard InChI is InChI=1S/C21H19Cl2N3O3/c1-2-10-24-21(29)14-6-3-4-8-16(14)25-20(28)13-11-18(27)26(12-13)17-9-5-7-15(22)19(17)23/h2-9,13H,1,10-12H2,(H,24,29)(H,25,28)/t13-/m1/s1. The van der Waals surface area contributed by atoms with Gasteiger partial charge in [-0.05, 0) is 24.3 Å². The van der Waals surface area contributed by atoms with Crippen LogP contribution in [0.1, 0.15) is 16.8 Å². The second kappa shape index (κ2) is 9.11. The number of hydrogen-bond acceptors (Lipinski definition) is 3. The molecule has 29 heavy (non-hydrogen) atoms. The second-order valence-corrected chi connectivity index (χ2v) is 7.30. The average molecular weight is 432 g/mol. The first-order chi connectivity index (χ1) is 13.9. The number of nitrogens with one attached hydrogen (secondary N) is 2. The molecule has 0 saturated carbocycles. The molecule has 2 aromatic carbocycles. The molecule has 2 N–H and O–H groups in total. The van der Waals surface area contributed by atoms with Gasteiger partial charge in [-0.15, -0.1) is 6.58 Å². The highest BCUT2D eigenvalue weighted by atomic mass is 35.5. The van der Waals surface area contributed by atoms with Crippen molar-refractivity contribution in [3.8, 4) is 0 Å². The zero-order chi connectivity index (χ0) is 21.0. The van der Waals surface area contributed by atoms with E-state index in [1.807, 2.05) is 0 Å². The van der Waals surface area contributed by atoms with Crippen LogP contribution in [0.5, 0.6) is 0 Å². The first kappa shape index (κ1) is 20.9. The van der Waals surface area contributed by atoms with E-state index in [9.17, 15) is 14.4 Å². The lowest BCUT2D eigenvalue weighted by Crippen LogP contribution is -2.29. The van der Waals surface area contributed by atoms with Gasteiger partial charge in [-0.3, -0.25) is 14.4 Å². The van der Waals surface area contributed by atoms with Gasteiger partial charge in [0, 0.05) is 19.5 Å². The zero-order valence-electron chi connectivity index (χ0n) is 15.5. The molecular weight excluding hydrogens is 413 g/mol. The van der Waals surface area contributed by atoms with Crippen LogP contribution >= 0.6 is 23.2 Å². The lowest BCUT2D eigenvalue weighted by atomic mass is 10.1. The minimum atomic E-state index is -0.582. The predicted octanol–water partition coefficient (Wildman–Crippen LogP) is 3.90. The molecule has 8 heteroatoms. The van der Waals surface area contributed by atoms with Gasteiger partial charge in [-0.2, -0.15) is 0 Å². The summed E-state index contributed by atoms with van der Waals surface area (Å²) in [4.78, 5) is 39.0. The van der Waals surface area contributed by atoms with E-state index in [-0.39, 0.29) is 35.7 Å². The zero-order valence-corrected chi connectivity index (χ0v) is 17.0. The SMILES string of the molecule is C=CCNC(=O)c1ccccc1NC(=O)[C@@H]1CC(=O)N(c2cccc(Cl)c2Cl)C1. The van der Waals surface area contributed by atoms with E-state index in [1.165, 1.54) is 4.90 Å². The summed E-state index contributed by atoms with van der Waals surface area (Å²) in [6.07, 6.45) is 1.61. The van der Waals surface area contributed by atoms with Gasteiger partial charge in [0.15, 0.2) is 0 Å². The van der Waals surface area contributed by atoms with E-state index in [0.717, 1.165) is 0 Å². The smallest absolute Gasteiger partial charge is 0.253 e. The number of rotatable bonds is 6. The molecule has 1 fully saturated rings. The van der Waals surface area contributed by atoms with Gasteiger partial charge in [0.25, 0.3) is 5.91 Å². The van der Waals surface area contributed by atoms with Crippen molar-refractivity contribution in [3.05, 3.63) is 70.7 Å². The molecular formula is C21H19Cl2N3O3. The van der Waals surface area contributed by atoms with Gasteiger partial charge in [-0.25, -0.2) is 0 Å². The number of amides is 3. The first-order valence-electron chi connectivity index (χ1n) is 8.95. The quantitative estimate of drug-likeness (QED) is 0.680. The molecule has 1 heterocycles. The molecule has 6 nitrogen and oxygen atoms in total. The highest BCUT2D eigenvalue weighted by molar-refractivity contribution is 6.44. The molecule has 150 valence electrons. The normalized spacial score (nSPS) is 15.9. The molecule has 2 aromatic rings. The molecule has 0 spiro atoms. The Balaban J connectivity index is 1.74. The van der Waals surface area contributed by atoms with E-state index < -0.39 is 5.92 Å². The Bertz CT molecular complexity index is 977. The van der Waals surface area contributed by atoms with Gasteiger partial charge in [-0.1, -0.05) is 47.5 Å². The second-order valence-electron chi connectivity index (χ2n) is 6.51. The fourth-order valence-electron chi connectivity index (χ4n) is 3.10. The summed E-state index contributed by atoms with van der Waals surface area (Å²) in [7, 11) is 0. The van der Waals surface area contributed by atoms with Gasteiger partial charge < -0.3 is 15.5 Å². The third kappa shape index (κ3) is 4.60. The van der Waals surface area contributed by atoms with Crippen molar-refractivity contribution in [3.63, 3.8) is 0 Å². The third-order valence-electron chi connectivity index (χ3n) is 4.55. The van der Waals surface area contributed by atoms with Crippen LogP contribution in [0.15, 0.2) is 55.1 Å². The maximum atomic E-state index is 12.8. The van der Waals surface area contributed by atoms with Crippen molar-refractivity contribution in [2.45, 2.75) is 6.42 Å². The molecule has 0 aromatic heterocycles. The van der Waals surface area contributed by atoms with Gasteiger partial charge in [0.1, 0.15) is 0 Å². The molecule has 1 saturated heterocycles. The van der Waals surface area contributed by atoms with E-state index in [1.54, 1.807) is 48.5 Å². The number of nitrogens with zero attached hydrogens (tertiary/aromatic N) is 1. The van der Waals surface area contributed by atoms with Gasteiger partial charge >= 0.3 is 0 Å². The third-order valence-corrected chi connectivity index (χ3v) is 5.36.